The Balaban J connectivity index is 3.12. The zero-order valence-electron chi connectivity index (χ0n) is 5.46. The third-order valence-electron chi connectivity index (χ3n) is 1.15. The lowest BCUT2D eigenvalue weighted by atomic mass is 10.2. The van der Waals surface area contributed by atoms with Gasteiger partial charge in [0.05, 0.1) is 6.21 Å². The Morgan fingerprint density at radius 1 is 1.36 bits per heavy atom. The van der Waals surface area contributed by atoms with Gasteiger partial charge >= 0.3 is 0 Å². The molecular formula is C7H5F2NO. The van der Waals surface area contributed by atoms with Crippen LogP contribution in [-0.2, 0) is 0 Å². The van der Waals surface area contributed by atoms with Gasteiger partial charge in [0, 0.05) is 5.56 Å². The molecule has 0 spiro atoms. The fourth-order valence-electron chi connectivity index (χ4n) is 0.676. The third kappa shape index (κ3) is 1.73. The first kappa shape index (κ1) is 7.65. The molecule has 0 saturated heterocycles. The van der Waals surface area contributed by atoms with Gasteiger partial charge in [-0.05, 0) is 18.2 Å². The van der Waals surface area contributed by atoms with Crippen LogP contribution in [0.25, 0.3) is 0 Å². The smallest absolute Gasteiger partial charge is 0.132 e. The minimum absolute atomic E-state index is 0.0764. The molecule has 0 aliphatic heterocycles. The average molecular weight is 157 g/mol. The first-order valence-electron chi connectivity index (χ1n) is 2.86. The SMILES string of the molecule is ON=Cc1cc(F)ccc1F. The van der Waals surface area contributed by atoms with Gasteiger partial charge in [0.1, 0.15) is 11.6 Å². The van der Waals surface area contributed by atoms with E-state index in [2.05, 4.69) is 5.16 Å². The van der Waals surface area contributed by atoms with E-state index in [1.165, 1.54) is 0 Å². The van der Waals surface area contributed by atoms with Crippen LogP contribution in [0.5, 0.6) is 0 Å². The second-order valence-corrected chi connectivity index (χ2v) is 1.91. The molecule has 11 heavy (non-hydrogen) atoms. The highest BCUT2D eigenvalue weighted by molar-refractivity contribution is 5.79. The Morgan fingerprint density at radius 3 is 2.73 bits per heavy atom. The molecular weight excluding hydrogens is 152 g/mol. The molecule has 0 aliphatic rings. The molecule has 0 heterocycles. The van der Waals surface area contributed by atoms with E-state index in [1.807, 2.05) is 0 Å². The number of hydrogen-bond acceptors (Lipinski definition) is 2. The van der Waals surface area contributed by atoms with Gasteiger partial charge in [-0.3, -0.25) is 0 Å². The van der Waals surface area contributed by atoms with Gasteiger partial charge in [0.2, 0.25) is 0 Å². The molecule has 1 rings (SSSR count). The number of benzene rings is 1. The van der Waals surface area contributed by atoms with Crippen molar-refractivity contribution in [3.63, 3.8) is 0 Å². The maximum Gasteiger partial charge on any atom is 0.132 e. The van der Waals surface area contributed by atoms with Crippen molar-refractivity contribution in [2.75, 3.05) is 0 Å². The minimum atomic E-state index is -0.621. The van der Waals surface area contributed by atoms with Crippen LogP contribution in [0, 0.1) is 11.6 Å². The van der Waals surface area contributed by atoms with E-state index in [0.717, 1.165) is 24.4 Å². The largest absolute Gasteiger partial charge is 0.411 e. The molecule has 0 aliphatic carbocycles. The maximum atomic E-state index is 12.6. The summed E-state index contributed by atoms with van der Waals surface area (Å²) in [6.07, 6.45) is 0.832. The highest BCUT2D eigenvalue weighted by atomic mass is 19.1. The molecule has 1 aromatic rings. The van der Waals surface area contributed by atoms with Crippen LogP contribution in [0.4, 0.5) is 8.78 Å². The summed E-state index contributed by atoms with van der Waals surface area (Å²) in [6.45, 7) is 0. The van der Waals surface area contributed by atoms with E-state index in [1.54, 1.807) is 0 Å². The van der Waals surface area contributed by atoms with Crippen LogP contribution in [0.3, 0.4) is 0 Å². The quantitative estimate of drug-likeness (QED) is 0.376. The molecule has 2 nitrogen and oxygen atoms in total. The molecule has 58 valence electrons. The standard InChI is InChI=1S/C7H5F2NO/c8-6-1-2-7(9)5(3-6)4-10-11/h1-4,11H. The summed E-state index contributed by atoms with van der Waals surface area (Å²) in [6, 6.07) is 2.89. The van der Waals surface area contributed by atoms with E-state index in [4.69, 9.17) is 5.21 Å². The summed E-state index contributed by atoms with van der Waals surface area (Å²) in [5.41, 5.74) is -0.0764. The summed E-state index contributed by atoms with van der Waals surface area (Å²) in [7, 11) is 0. The molecule has 0 unspecified atom stereocenters. The third-order valence-corrected chi connectivity index (χ3v) is 1.15. The number of rotatable bonds is 1. The van der Waals surface area contributed by atoms with Gasteiger partial charge < -0.3 is 5.21 Å². The summed E-state index contributed by atoms with van der Waals surface area (Å²) in [5.74, 6) is -1.19. The van der Waals surface area contributed by atoms with E-state index >= 15 is 0 Å². The lowest BCUT2D eigenvalue weighted by molar-refractivity contribution is 0.321. The normalized spacial score (nSPS) is 10.7. The number of oxime groups is 1. The van der Waals surface area contributed by atoms with Crippen molar-refractivity contribution in [3.05, 3.63) is 35.4 Å². The summed E-state index contributed by atoms with van der Waals surface area (Å²) in [5, 5.41) is 10.6. The van der Waals surface area contributed by atoms with Crippen LogP contribution in [0.1, 0.15) is 5.56 Å². The predicted octanol–water partition coefficient (Wildman–Crippen LogP) is 1.77. The van der Waals surface area contributed by atoms with Gasteiger partial charge in [-0.15, -0.1) is 0 Å². The summed E-state index contributed by atoms with van der Waals surface area (Å²) < 4.78 is 24.9. The first-order valence-corrected chi connectivity index (χ1v) is 2.86. The molecule has 1 aromatic carbocycles. The lowest BCUT2D eigenvalue weighted by Gasteiger charge is -1.93. The zero-order valence-corrected chi connectivity index (χ0v) is 5.46. The Hall–Kier alpha value is -1.45. The Bertz CT molecular complexity index is 286. The van der Waals surface area contributed by atoms with E-state index in [-0.39, 0.29) is 5.56 Å². The van der Waals surface area contributed by atoms with E-state index in [9.17, 15) is 8.78 Å². The van der Waals surface area contributed by atoms with Crippen molar-refractivity contribution in [2.45, 2.75) is 0 Å². The monoisotopic (exact) mass is 157 g/mol. The lowest BCUT2D eigenvalue weighted by Crippen LogP contribution is -1.88. The van der Waals surface area contributed by atoms with Gasteiger partial charge in [-0.25, -0.2) is 8.78 Å². The summed E-state index contributed by atoms with van der Waals surface area (Å²) in [4.78, 5) is 0. The minimum Gasteiger partial charge on any atom is -0.411 e. The number of nitrogens with zero attached hydrogens (tertiary/aromatic N) is 1. The Kier molecular flexibility index (Phi) is 2.15. The second-order valence-electron chi connectivity index (χ2n) is 1.91. The van der Waals surface area contributed by atoms with Crippen LogP contribution < -0.4 is 0 Å². The average Bonchev–Trinajstić information content (AvgIpc) is 1.98. The molecule has 0 bridgehead atoms. The molecule has 0 aromatic heterocycles. The van der Waals surface area contributed by atoms with Crippen molar-refractivity contribution < 1.29 is 14.0 Å². The molecule has 0 atom stereocenters. The molecule has 0 fully saturated rings. The summed E-state index contributed by atoms with van der Waals surface area (Å²) >= 11 is 0. The predicted molar refractivity (Wildman–Crippen MR) is 35.7 cm³/mol. The van der Waals surface area contributed by atoms with Crippen LogP contribution in [-0.4, -0.2) is 11.4 Å². The Labute approximate surface area is 61.8 Å². The highest BCUT2D eigenvalue weighted by Crippen LogP contribution is 2.06. The molecule has 4 heteroatoms. The first-order chi connectivity index (χ1) is 5.24. The van der Waals surface area contributed by atoms with Gasteiger partial charge in [0.25, 0.3) is 0 Å². The van der Waals surface area contributed by atoms with Crippen molar-refractivity contribution in [3.8, 4) is 0 Å². The topological polar surface area (TPSA) is 32.6 Å². The van der Waals surface area contributed by atoms with E-state index in [0.29, 0.717) is 0 Å². The van der Waals surface area contributed by atoms with Crippen LogP contribution >= 0.6 is 0 Å². The maximum absolute atomic E-state index is 12.6. The van der Waals surface area contributed by atoms with Gasteiger partial charge in [-0.2, -0.15) is 0 Å². The van der Waals surface area contributed by atoms with Crippen LogP contribution in [0.2, 0.25) is 0 Å². The van der Waals surface area contributed by atoms with Gasteiger partial charge in [0.15, 0.2) is 0 Å². The molecule has 0 amide bonds. The highest BCUT2D eigenvalue weighted by Gasteiger charge is 1.99. The van der Waals surface area contributed by atoms with Crippen LogP contribution in [0.15, 0.2) is 23.4 Å². The second kappa shape index (κ2) is 3.09. The Morgan fingerprint density at radius 2 is 2.09 bits per heavy atom. The molecule has 1 N–H and O–H groups in total. The zero-order chi connectivity index (χ0) is 8.27. The number of hydrogen-bond donors (Lipinski definition) is 1. The van der Waals surface area contributed by atoms with Crippen molar-refractivity contribution in [1.82, 2.24) is 0 Å². The van der Waals surface area contributed by atoms with Crippen molar-refractivity contribution >= 4 is 6.21 Å². The molecule has 0 saturated carbocycles. The van der Waals surface area contributed by atoms with Crippen molar-refractivity contribution in [2.24, 2.45) is 5.16 Å². The van der Waals surface area contributed by atoms with Gasteiger partial charge in [-0.1, -0.05) is 5.16 Å². The fourth-order valence-corrected chi connectivity index (χ4v) is 0.676. The number of halogens is 2. The fraction of sp³-hybridized carbons (Fsp3) is 0. The van der Waals surface area contributed by atoms with E-state index < -0.39 is 11.6 Å². The van der Waals surface area contributed by atoms with Crippen molar-refractivity contribution in [1.29, 1.82) is 0 Å². The molecule has 0 radical (unpaired) electrons.